The molecule has 0 spiro atoms. The number of aliphatic hydroxyl groups excluding tert-OH is 1. The number of nitrogens with one attached hydrogen (secondary N) is 1. The number of nitrogens with zero attached hydrogens (tertiary/aromatic N) is 1. The lowest BCUT2D eigenvalue weighted by atomic mass is 9.71. The Labute approximate surface area is 123 Å². The number of hydrogen-bond acceptors (Lipinski definition) is 4. The van der Waals surface area contributed by atoms with Gasteiger partial charge in [0.25, 0.3) is 0 Å². The van der Waals surface area contributed by atoms with Gasteiger partial charge in [-0.05, 0) is 38.1 Å². The van der Waals surface area contributed by atoms with Gasteiger partial charge in [0, 0.05) is 39.4 Å². The Bertz CT molecular complexity index is 280. The van der Waals surface area contributed by atoms with Crippen LogP contribution in [-0.2, 0) is 4.74 Å². The first-order valence-corrected chi connectivity index (χ1v) is 8.22. The van der Waals surface area contributed by atoms with Crippen LogP contribution in [0.15, 0.2) is 0 Å². The Morgan fingerprint density at radius 3 is 2.65 bits per heavy atom. The molecule has 118 valence electrons. The Kier molecular flexibility index (Phi) is 6.27. The molecule has 4 heteroatoms. The summed E-state index contributed by atoms with van der Waals surface area (Å²) in [7, 11) is 4.04. The first-order valence-electron chi connectivity index (χ1n) is 8.22. The Morgan fingerprint density at radius 2 is 2.05 bits per heavy atom. The number of aliphatic hydroxyl groups is 1. The van der Waals surface area contributed by atoms with Gasteiger partial charge in [0.1, 0.15) is 0 Å². The summed E-state index contributed by atoms with van der Waals surface area (Å²) in [5.41, 5.74) is 0.459. The highest BCUT2D eigenvalue weighted by atomic mass is 16.5. The van der Waals surface area contributed by atoms with E-state index in [1.54, 1.807) is 0 Å². The molecule has 0 radical (unpaired) electrons. The fourth-order valence-electron chi connectivity index (χ4n) is 4.06. The molecule has 0 amide bonds. The maximum Gasteiger partial charge on any atom is 0.0680 e. The smallest absolute Gasteiger partial charge is 0.0680 e. The molecule has 1 saturated heterocycles. The van der Waals surface area contributed by atoms with Crippen molar-refractivity contribution in [2.45, 2.75) is 57.1 Å². The summed E-state index contributed by atoms with van der Waals surface area (Å²) in [5.74, 6) is 0. The van der Waals surface area contributed by atoms with Gasteiger partial charge in [-0.2, -0.15) is 0 Å². The van der Waals surface area contributed by atoms with E-state index in [-0.39, 0.29) is 6.10 Å². The molecule has 1 aliphatic heterocycles. The van der Waals surface area contributed by atoms with Crippen LogP contribution < -0.4 is 5.32 Å². The lowest BCUT2D eigenvalue weighted by Crippen LogP contribution is -2.43. The molecule has 1 aliphatic carbocycles. The Morgan fingerprint density at radius 1 is 1.30 bits per heavy atom. The van der Waals surface area contributed by atoms with E-state index in [9.17, 15) is 5.11 Å². The summed E-state index contributed by atoms with van der Waals surface area (Å²) in [5, 5.41) is 13.0. The Hall–Kier alpha value is -0.160. The monoisotopic (exact) mass is 284 g/mol. The van der Waals surface area contributed by atoms with Crippen LogP contribution in [0.3, 0.4) is 0 Å². The highest BCUT2D eigenvalue weighted by Gasteiger charge is 2.33. The molecule has 2 atom stereocenters. The normalized spacial score (nSPS) is 30.0. The van der Waals surface area contributed by atoms with Crippen molar-refractivity contribution in [2.24, 2.45) is 5.41 Å². The lowest BCUT2D eigenvalue weighted by molar-refractivity contribution is 0.0672. The van der Waals surface area contributed by atoms with Crippen LogP contribution in [0.25, 0.3) is 0 Å². The maximum atomic E-state index is 9.60. The van der Waals surface area contributed by atoms with E-state index in [1.165, 1.54) is 45.1 Å². The molecule has 20 heavy (non-hydrogen) atoms. The molecule has 4 nitrogen and oxygen atoms in total. The zero-order valence-corrected chi connectivity index (χ0v) is 13.2. The summed E-state index contributed by atoms with van der Waals surface area (Å²) < 4.78 is 5.33. The van der Waals surface area contributed by atoms with Gasteiger partial charge in [-0.15, -0.1) is 0 Å². The molecule has 2 N–H and O–H groups in total. The Balaban J connectivity index is 1.82. The predicted octanol–water partition coefficient (Wildman–Crippen LogP) is 1.63. The minimum Gasteiger partial charge on any atom is -0.392 e. The quantitative estimate of drug-likeness (QED) is 0.746. The van der Waals surface area contributed by atoms with Gasteiger partial charge in [-0.25, -0.2) is 0 Å². The van der Waals surface area contributed by atoms with Gasteiger partial charge in [0.2, 0.25) is 0 Å². The van der Waals surface area contributed by atoms with Gasteiger partial charge >= 0.3 is 0 Å². The van der Waals surface area contributed by atoms with Crippen molar-refractivity contribution >= 4 is 0 Å². The van der Waals surface area contributed by atoms with E-state index < -0.39 is 0 Å². The largest absolute Gasteiger partial charge is 0.392 e. The summed E-state index contributed by atoms with van der Waals surface area (Å²) in [6, 6.07) is 0.457. The molecule has 0 aromatic carbocycles. The standard InChI is InChI=1S/C16H32N2O2/c1-18(12-14-10-15(19)11-17-14)13-16(8-9-20-2)6-4-3-5-7-16/h14-15,17,19H,3-13H2,1-2H3/t14-,15+/m0/s1. The molecule has 2 aliphatic rings. The zero-order valence-electron chi connectivity index (χ0n) is 13.2. The van der Waals surface area contributed by atoms with Crippen molar-refractivity contribution in [3.63, 3.8) is 0 Å². The van der Waals surface area contributed by atoms with Gasteiger partial charge in [0.15, 0.2) is 0 Å². The molecule has 0 bridgehead atoms. The van der Waals surface area contributed by atoms with Crippen molar-refractivity contribution in [1.29, 1.82) is 0 Å². The molecule has 1 saturated carbocycles. The number of hydrogen-bond donors (Lipinski definition) is 2. The second-order valence-corrected chi connectivity index (χ2v) is 6.99. The van der Waals surface area contributed by atoms with Crippen molar-refractivity contribution in [3.8, 4) is 0 Å². The molecule has 0 aromatic heterocycles. The van der Waals surface area contributed by atoms with E-state index in [0.717, 1.165) is 26.1 Å². The van der Waals surface area contributed by atoms with E-state index in [0.29, 0.717) is 11.5 Å². The maximum absolute atomic E-state index is 9.60. The van der Waals surface area contributed by atoms with Crippen molar-refractivity contribution in [3.05, 3.63) is 0 Å². The SMILES string of the molecule is COCCC1(CN(C)C[C@@H]2C[C@@H](O)CN2)CCCCC1. The van der Waals surface area contributed by atoms with Gasteiger partial charge < -0.3 is 20.1 Å². The number of β-amino-alcohol motifs (C(OH)–C–C–N with tert-alkyl or cyclic N) is 1. The number of rotatable bonds is 7. The van der Waals surface area contributed by atoms with Crippen molar-refractivity contribution in [2.75, 3.05) is 40.4 Å². The van der Waals surface area contributed by atoms with Crippen molar-refractivity contribution < 1.29 is 9.84 Å². The third-order valence-electron chi connectivity index (χ3n) is 5.09. The third kappa shape index (κ3) is 4.69. The van der Waals surface area contributed by atoms with Crippen LogP contribution in [0, 0.1) is 5.41 Å². The highest BCUT2D eigenvalue weighted by Crippen LogP contribution is 2.40. The lowest BCUT2D eigenvalue weighted by Gasteiger charge is -2.40. The van der Waals surface area contributed by atoms with Gasteiger partial charge in [-0.3, -0.25) is 0 Å². The van der Waals surface area contributed by atoms with E-state index in [2.05, 4.69) is 17.3 Å². The average molecular weight is 284 g/mol. The summed E-state index contributed by atoms with van der Waals surface area (Å²) in [6.07, 6.45) is 8.78. The van der Waals surface area contributed by atoms with E-state index in [1.807, 2.05) is 7.11 Å². The fraction of sp³-hybridized carbons (Fsp3) is 1.00. The topological polar surface area (TPSA) is 44.7 Å². The number of methoxy groups -OCH3 is 1. The first kappa shape index (κ1) is 16.2. The zero-order chi connectivity index (χ0) is 14.4. The molecular formula is C16H32N2O2. The van der Waals surface area contributed by atoms with Crippen LogP contribution in [0.2, 0.25) is 0 Å². The van der Waals surface area contributed by atoms with E-state index >= 15 is 0 Å². The predicted molar refractivity (Wildman–Crippen MR) is 81.9 cm³/mol. The third-order valence-corrected chi connectivity index (χ3v) is 5.09. The van der Waals surface area contributed by atoms with Crippen LogP contribution in [0.1, 0.15) is 44.9 Å². The molecule has 1 heterocycles. The summed E-state index contributed by atoms with van der Waals surface area (Å²) in [6.45, 7) is 3.86. The fourth-order valence-corrected chi connectivity index (χ4v) is 4.06. The molecule has 0 unspecified atom stereocenters. The highest BCUT2D eigenvalue weighted by molar-refractivity contribution is 4.88. The van der Waals surface area contributed by atoms with Crippen LogP contribution in [-0.4, -0.2) is 62.6 Å². The van der Waals surface area contributed by atoms with Gasteiger partial charge in [0.05, 0.1) is 6.10 Å². The van der Waals surface area contributed by atoms with Crippen LogP contribution >= 0.6 is 0 Å². The second-order valence-electron chi connectivity index (χ2n) is 6.99. The molecule has 2 fully saturated rings. The minimum absolute atomic E-state index is 0.148. The number of likely N-dealkylation sites (N-methyl/N-ethyl adjacent to an activating group) is 1. The van der Waals surface area contributed by atoms with Crippen LogP contribution in [0.4, 0.5) is 0 Å². The minimum atomic E-state index is -0.148. The molecule has 2 rings (SSSR count). The summed E-state index contributed by atoms with van der Waals surface area (Å²) >= 11 is 0. The van der Waals surface area contributed by atoms with Gasteiger partial charge in [-0.1, -0.05) is 19.3 Å². The molecular weight excluding hydrogens is 252 g/mol. The summed E-state index contributed by atoms with van der Waals surface area (Å²) in [4.78, 5) is 2.47. The van der Waals surface area contributed by atoms with Crippen molar-refractivity contribution in [1.82, 2.24) is 10.2 Å². The average Bonchev–Trinajstić information content (AvgIpc) is 2.82. The number of ether oxygens (including phenoxy) is 1. The molecule has 0 aromatic rings. The van der Waals surface area contributed by atoms with Crippen LogP contribution in [0.5, 0.6) is 0 Å². The first-order chi connectivity index (χ1) is 9.63. The second kappa shape index (κ2) is 7.74. The van der Waals surface area contributed by atoms with E-state index in [4.69, 9.17) is 4.74 Å².